The molecule has 0 radical (unpaired) electrons. The first-order chi connectivity index (χ1) is 13.8. The maximum atomic E-state index is 13.0. The summed E-state index contributed by atoms with van der Waals surface area (Å²) in [4.78, 5) is 13.1. The van der Waals surface area contributed by atoms with Crippen molar-refractivity contribution in [2.45, 2.75) is 51.0 Å². The molecule has 1 heterocycles. The quantitative estimate of drug-likeness (QED) is 0.750. The Kier molecular flexibility index (Phi) is 6.75. The van der Waals surface area contributed by atoms with E-state index >= 15 is 0 Å². The van der Waals surface area contributed by atoms with Crippen LogP contribution in [0.15, 0.2) is 59.5 Å². The van der Waals surface area contributed by atoms with Crippen molar-refractivity contribution in [1.82, 2.24) is 9.62 Å². The number of amides is 1. The Morgan fingerprint density at radius 1 is 1.00 bits per heavy atom. The third-order valence-electron chi connectivity index (χ3n) is 5.77. The maximum Gasteiger partial charge on any atom is 0.243 e. The van der Waals surface area contributed by atoms with E-state index in [-0.39, 0.29) is 5.91 Å². The predicted octanol–water partition coefficient (Wildman–Crippen LogP) is 3.75. The zero-order chi connectivity index (χ0) is 20.9. The van der Waals surface area contributed by atoms with Crippen LogP contribution in [0.1, 0.15) is 44.2 Å². The summed E-state index contributed by atoms with van der Waals surface area (Å²) in [6.07, 6.45) is 3.01. The lowest BCUT2D eigenvalue weighted by Crippen LogP contribution is -2.48. The second-order valence-electron chi connectivity index (χ2n) is 8.03. The third kappa shape index (κ3) is 5.06. The molecule has 2 aromatic rings. The summed E-state index contributed by atoms with van der Waals surface area (Å²) in [5.74, 6) is -0.0117. The van der Waals surface area contributed by atoms with Gasteiger partial charge < -0.3 is 5.32 Å². The molecule has 1 N–H and O–H groups in total. The summed E-state index contributed by atoms with van der Waals surface area (Å²) in [6.45, 7) is 5.23. The van der Waals surface area contributed by atoms with Gasteiger partial charge in [-0.15, -0.1) is 0 Å². The molecule has 1 aliphatic heterocycles. The van der Waals surface area contributed by atoms with Gasteiger partial charge in [-0.05, 0) is 42.5 Å². The number of rotatable bonds is 7. The van der Waals surface area contributed by atoms with Crippen molar-refractivity contribution in [2.75, 3.05) is 13.1 Å². The predicted molar refractivity (Wildman–Crippen MR) is 115 cm³/mol. The Morgan fingerprint density at radius 3 is 2.21 bits per heavy atom. The second kappa shape index (κ2) is 9.09. The molecule has 0 aromatic heterocycles. The number of nitrogens with one attached hydrogen (secondary N) is 1. The average Bonchev–Trinajstić information content (AvgIpc) is 2.74. The van der Waals surface area contributed by atoms with Gasteiger partial charge in [-0.25, -0.2) is 8.42 Å². The van der Waals surface area contributed by atoms with Gasteiger partial charge in [0.2, 0.25) is 15.9 Å². The molecule has 156 valence electrons. The van der Waals surface area contributed by atoms with E-state index in [1.807, 2.05) is 49.4 Å². The molecule has 1 fully saturated rings. The summed E-state index contributed by atoms with van der Waals surface area (Å²) in [6, 6.07) is 17.0. The Bertz CT molecular complexity index is 916. The van der Waals surface area contributed by atoms with Gasteiger partial charge in [0.05, 0.1) is 4.90 Å². The van der Waals surface area contributed by atoms with Gasteiger partial charge in [-0.2, -0.15) is 4.31 Å². The van der Waals surface area contributed by atoms with Crippen LogP contribution in [0, 0.1) is 5.41 Å². The lowest BCUT2D eigenvalue weighted by Gasteiger charge is -2.37. The van der Waals surface area contributed by atoms with Crippen LogP contribution in [0.3, 0.4) is 0 Å². The van der Waals surface area contributed by atoms with Crippen molar-refractivity contribution in [3.8, 4) is 0 Å². The van der Waals surface area contributed by atoms with Crippen molar-refractivity contribution in [3.63, 3.8) is 0 Å². The summed E-state index contributed by atoms with van der Waals surface area (Å²) in [5, 5.41) is 3.01. The summed E-state index contributed by atoms with van der Waals surface area (Å²) in [5.41, 5.74) is 1.65. The minimum absolute atomic E-state index is 0.0117. The molecular weight excluding hydrogens is 384 g/mol. The molecule has 2 aromatic carbocycles. The molecule has 0 atom stereocenters. The van der Waals surface area contributed by atoms with Crippen LogP contribution in [0.2, 0.25) is 0 Å². The lowest BCUT2D eigenvalue weighted by molar-refractivity contribution is -0.132. The van der Waals surface area contributed by atoms with E-state index in [9.17, 15) is 13.2 Å². The highest BCUT2D eigenvalue weighted by atomic mass is 32.2. The van der Waals surface area contributed by atoms with Crippen LogP contribution in [-0.4, -0.2) is 31.7 Å². The van der Waals surface area contributed by atoms with Crippen LogP contribution in [-0.2, 0) is 27.8 Å². The van der Waals surface area contributed by atoms with E-state index in [1.165, 1.54) is 4.31 Å². The molecule has 0 spiro atoms. The number of hydrogen-bond donors (Lipinski definition) is 1. The number of sulfonamides is 1. The zero-order valence-electron chi connectivity index (χ0n) is 17.2. The fourth-order valence-electron chi connectivity index (χ4n) is 3.70. The smallest absolute Gasteiger partial charge is 0.243 e. The molecule has 1 aliphatic rings. The van der Waals surface area contributed by atoms with Gasteiger partial charge in [0.1, 0.15) is 0 Å². The molecule has 1 saturated heterocycles. The summed E-state index contributed by atoms with van der Waals surface area (Å²) >= 11 is 0. The Hall–Kier alpha value is -2.18. The number of piperidine rings is 1. The number of nitrogens with zero attached hydrogens (tertiary/aromatic N) is 1. The van der Waals surface area contributed by atoms with Gasteiger partial charge in [-0.3, -0.25) is 4.79 Å². The van der Waals surface area contributed by atoms with E-state index in [0.29, 0.717) is 37.4 Å². The molecule has 3 rings (SSSR count). The Labute approximate surface area is 174 Å². The molecule has 5 nitrogen and oxygen atoms in total. The second-order valence-corrected chi connectivity index (χ2v) is 9.96. The highest BCUT2D eigenvalue weighted by Gasteiger charge is 2.40. The van der Waals surface area contributed by atoms with E-state index in [2.05, 4.69) is 12.2 Å². The normalized spacial score (nSPS) is 17.0. The first kappa shape index (κ1) is 21.5. The monoisotopic (exact) mass is 414 g/mol. The fraction of sp³-hybridized carbons (Fsp3) is 0.435. The van der Waals surface area contributed by atoms with Crippen molar-refractivity contribution in [2.24, 2.45) is 5.41 Å². The minimum atomic E-state index is -3.52. The van der Waals surface area contributed by atoms with Gasteiger partial charge in [-0.1, -0.05) is 62.7 Å². The fourth-order valence-corrected chi connectivity index (χ4v) is 5.15. The number of carbonyl (C=O) groups excluding carboxylic acids is 1. The number of aryl methyl sites for hydroxylation is 1. The van der Waals surface area contributed by atoms with E-state index in [0.717, 1.165) is 24.0 Å². The van der Waals surface area contributed by atoms with E-state index in [1.54, 1.807) is 12.1 Å². The maximum absolute atomic E-state index is 13.0. The van der Waals surface area contributed by atoms with Crippen molar-refractivity contribution < 1.29 is 13.2 Å². The largest absolute Gasteiger partial charge is 0.352 e. The molecule has 6 heteroatoms. The van der Waals surface area contributed by atoms with Gasteiger partial charge in [0.15, 0.2) is 0 Å². The van der Waals surface area contributed by atoms with Crippen molar-refractivity contribution in [3.05, 3.63) is 65.7 Å². The Morgan fingerprint density at radius 2 is 1.62 bits per heavy atom. The standard InChI is InChI=1S/C23H30N2O3S/c1-3-7-19-10-12-21(13-11-19)29(27,28)25-16-14-23(2,15-17-25)22(26)24-18-20-8-5-4-6-9-20/h4-6,8-13H,3,7,14-18H2,1-2H3,(H,24,26). The SMILES string of the molecule is CCCc1ccc(S(=O)(=O)N2CCC(C)(C(=O)NCc3ccccc3)CC2)cc1. The van der Waals surface area contributed by atoms with Crippen LogP contribution in [0.25, 0.3) is 0 Å². The number of benzene rings is 2. The molecule has 0 bridgehead atoms. The zero-order valence-corrected chi connectivity index (χ0v) is 18.0. The van der Waals surface area contributed by atoms with E-state index < -0.39 is 15.4 Å². The topological polar surface area (TPSA) is 66.5 Å². The highest BCUT2D eigenvalue weighted by Crippen LogP contribution is 2.33. The molecule has 0 aliphatic carbocycles. The number of carbonyl (C=O) groups is 1. The first-order valence-corrected chi connectivity index (χ1v) is 11.7. The van der Waals surface area contributed by atoms with Crippen LogP contribution in [0.4, 0.5) is 0 Å². The summed E-state index contributed by atoms with van der Waals surface area (Å²) < 4.78 is 27.5. The van der Waals surface area contributed by atoms with Gasteiger partial charge >= 0.3 is 0 Å². The molecule has 0 saturated carbocycles. The molecule has 0 unspecified atom stereocenters. The van der Waals surface area contributed by atoms with Crippen LogP contribution >= 0.6 is 0 Å². The van der Waals surface area contributed by atoms with Crippen molar-refractivity contribution in [1.29, 1.82) is 0 Å². The van der Waals surface area contributed by atoms with Gasteiger partial charge in [0.25, 0.3) is 0 Å². The molecule has 29 heavy (non-hydrogen) atoms. The molecular formula is C23H30N2O3S. The number of hydrogen-bond acceptors (Lipinski definition) is 3. The lowest BCUT2D eigenvalue weighted by atomic mass is 9.80. The average molecular weight is 415 g/mol. The molecule has 1 amide bonds. The highest BCUT2D eigenvalue weighted by molar-refractivity contribution is 7.89. The Balaban J connectivity index is 1.60. The van der Waals surface area contributed by atoms with Gasteiger partial charge in [0, 0.05) is 25.0 Å². The first-order valence-electron chi connectivity index (χ1n) is 10.3. The minimum Gasteiger partial charge on any atom is -0.352 e. The van der Waals surface area contributed by atoms with Crippen LogP contribution in [0.5, 0.6) is 0 Å². The third-order valence-corrected chi connectivity index (χ3v) is 7.68. The van der Waals surface area contributed by atoms with Crippen molar-refractivity contribution >= 4 is 15.9 Å². The van der Waals surface area contributed by atoms with E-state index in [4.69, 9.17) is 0 Å². The van der Waals surface area contributed by atoms with Crippen LogP contribution < -0.4 is 5.32 Å². The summed E-state index contributed by atoms with van der Waals surface area (Å²) in [7, 11) is -3.52.